The molecule has 0 atom stereocenters. The van der Waals surface area contributed by atoms with Gasteiger partial charge in [-0.15, -0.1) is 0 Å². The van der Waals surface area contributed by atoms with Crippen molar-refractivity contribution in [3.8, 4) is 11.4 Å². The van der Waals surface area contributed by atoms with Gasteiger partial charge in [-0.3, -0.25) is 9.20 Å². The zero-order valence-electron chi connectivity index (χ0n) is 15.7. The number of hydrogen-bond acceptors (Lipinski definition) is 8. The van der Waals surface area contributed by atoms with Crippen LogP contribution in [0.25, 0.3) is 27.6 Å². The first kappa shape index (κ1) is 19.0. The molecule has 30 heavy (non-hydrogen) atoms. The van der Waals surface area contributed by atoms with Crippen LogP contribution in [0.15, 0.2) is 27.5 Å². The predicted molar refractivity (Wildman–Crippen MR) is 105 cm³/mol. The van der Waals surface area contributed by atoms with E-state index >= 15 is 0 Å². The van der Waals surface area contributed by atoms with Crippen LogP contribution in [0.1, 0.15) is 11.5 Å². The molecule has 5 rings (SSSR count). The van der Waals surface area contributed by atoms with Crippen molar-refractivity contribution in [3.05, 3.63) is 40.1 Å². The molecule has 0 aliphatic carbocycles. The van der Waals surface area contributed by atoms with E-state index in [2.05, 4.69) is 25.2 Å². The van der Waals surface area contributed by atoms with E-state index in [-0.39, 0.29) is 28.5 Å². The lowest BCUT2D eigenvalue weighted by Crippen LogP contribution is -2.43. The molecule has 0 amide bonds. The highest BCUT2D eigenvalue weighted by atomic mass is 32.1. The molecule has 0 unspecified atom stereocenters. The molecule has 1 saturated heterocycles. The number of hydrogen-bond donors (Lipinski definition) is 1. The van der Waals surface area contributed by atoms with Gasteiger partial charge in [-0.25, -0.2) is 15.0 Å². The molecule has 0 radical (unpaired) electrons. The average Bonchev–Trinajstić information content (AvgIpc) is 3.29. The Bertz CT molecular complexity index is 1320. The van der Waals surface area contributed by atoms with Gasteiger partial charge < -0.3 is 14.6 Å². The van der Waals surface area contributed by atoms with E-state index in [0.717, 1.165) is 37.2 Å². The predicted octanol–water partition coefficient (Wildman–Crippen LogP) is 2.70. The summed E-state index contributed by atoms with van der Waals surface area (Å²) in [5, 5.41) is 4.14. The van der Waals surface area contributed by atoms with Crippen molar-refractivity contribution in [2.45, 2.75) is 13.1 Å². The molecule has 12 heteroatoms. The Morgan fingerprint density at radius 3 is 2.60 bits per heavy atom. The van der Waals surface area contributed by atoms with Gasteiger partial charge in [0.1, 0.15) is 10.5 Å². The normalized spacial score (nSPS) is 15.4. The summed E-state index contributed by atoms with van der Waals surface area (Å²) in [6, 6.07) is 2.03. The van der Waals surface area contributed by atoms with Gasteiger partial charge in [0.15, 0.2) is 10.9 Å². The first-order valence-corrected chi connectivity index (χ1v) is 9.96. The Morgan fingerprint density at radius 1 is 1.13 bits per heavy atom. The number of fused-ring (bicyclic) bond motifs is 2. The van der Waals surface area contributed by atoms with Crippen molar-refractivity contribution in [1.82, 2.24) is 24.7 Å². The van der Waals surface area contributed by atoms with Crippen molar-refractivity contribution >= 4 is 32.5 Å². The minimum Gasteiger partial charge on any atom is -0.423 e. The molecule has 1 fully saturated rings. The summed E-state index contributed by atoms with van der Waals surface area (Å²) >= 11 is 1.31. The first-order chi connectivity index (χ1) is 14.3. The van der Waals surface area contributed by atoms with E-state index in [0.29, 0.717) is 4.96 Å². The van der Waals surface area contributed by atoms with Gasteiger partial charge in [0.2, 0.25) is 5.71 Å². The standard InChI is InChI=1S/C18H15F3N6O2S/c1-9-23-15-10(18(19,20)21)6-11(24-16(15)29-9)12-7-13(28)27-8-14(30-17(27)25-12)26-4-2-22-3-5-26/h6-8,22H,2-5H2,1H3. The molecule has 4 aromatic rings. The molecule has 0 bridgehead atoms. The lowest BCUT2D eigenvalue weighted by atomic mass is 10.1. The van der Waals surface area contributed by atoms with Crippen LogP contribution in [0.5, 0.6) is 0 Å². The van der Waals surface area contributed by atoms with E-state index in [9.17, 15) is 18.0 Å². The molecule has 156 valence electrons. The van der Waals surface area contributed by atoms with Crippen LogP contribution in [0.2, 0.25) is 0 Å². The van der Waals surface area contributed by atoms with Gasteiger partial charge in [0.05, 0.1) is 17.0 Å². The number of oxazole rings is 1. The number of thiazole rings is 1. The summed E-state index contributed by atoms with van der Waals surface area (Å²) in [6.45, 7) is 4.71. The molecule has 8 nitrogen and oxygen atoms in total. The number of nitrogens with zero attached hydrogens (tertiary/aromatic N) is 5. The summed E-state index contributed by atoms with van der Waals surface area (Å²) in [5.41, 5.74) is -2.02. The van der Waals surface area contributed by atoms with Gasteiger partial charge in [0.25, 0.3) is 5.56 Å². The molecule has 1 aliphatic rings. The van der Waals surface area contributed by atoms with Crippen LogP contribution >= 0.6 is 11.3 Å². The van der Waals surface area contributed by atoms with E-state index in [4.69, 9.17) is 4.42 Å². The Balaban J connectivity index is 1.65. The highest BCUT2D eigenvalue weighted by molar-refractivity contribution is 7.20. The number of rotatable bonds is 2. The SMILES string of the molecule is Cc1nc2c(C(F)(F)F)cc(-c3cc(=O)n4cc(N5CCNCC5)sc4n3)nc2o1. The van der Waals surface area contributed by atoms with E-state index in [1.165, 1.54) is 28.7 Å². The Hall–Kier alpha value is -2.99. The minimum atomic E-state index is -4.66. The van der Waals surface area contributed by atoms with Crippen LogP contribution in [-0.2, 0) is 6.18 Å². The third kappa shape index (κ3) is 3.21. The number of pyridine rings is 1. The molecule has 0 saturated carbocycles. The fourth-order valence-corrected chi connectivity index (χ4v) is 4.46. The summed E-state index contributed by atoms with van der Waals surface area (Å²) in [6.07, 6.45) is -2.95. The van der Waals surface area contributed by atoms with Gasteiger partial charge in [-0.2, -0.15) is 13.2 Å². The van der Waals surface area contributed by atoms with Crippen molar-refractivity contribution in [3.63, 3.8) is 0 Å². The molecular formula is C18H15F3N6O2S. The van der Waals surface area contributed by atoms with Crippen LogP contribution in [-0.4, -0.2) is 45.5 Å². The first-order valence-electron chi connectivity index (χ1n) is 9.14. The number of nitrogens with one attached hydrogen (secondary N) is 1. The van der Waals surface area contributed by atoms with E-state index in [1.54, 1.807) is 6.20 Å². The van der Waals surface area contributed by atoms with Crippen LogP contribution < -0.4 is 15.8 Å². The van der Waals surface area contributed by atoms with Gasteiger partial charge in [-0.1, -0.05) is 11.3 Å². The van der Waals surface area contributed by atoms with Crippen molar-refractivity contribution in [1.29, 1.82) is 0 Å². The number of anilines is 1. The molecule has 0 spiro atoms. The zero-order valence-corrected chi connectivity index (χ0v) is 16.5. The Kier molecular flexibility index (Phi) is 4.29. The van der Waals surface area contributed by atoms with Crippen molar-refractivity contribution < 1.29 is 17.6 Å². The number of piperazine rings is 1. The quantitative estimate of drug-likeness (QED) is 0.517. The zero-order chi connectivity index (χ0) is 21.0. The Morgan fingerprint density at radius 2 is 1.87 bits per heavy atom. The maximum absolute atomic E-state index is 13.6. The maximum Gasteiger partial charge on any atom is 0.418 e. The van der Waals surface area contributed by atoms with Crippen LogP contribution in [0.4, 0.5) is 18.2 Å². The molecule has 1 N–H and O–H groups in total. The fourth-order valence-electron chi connectivity index (χ4n) is 3.42. The second-order valence-corrected chi connectivity index (χ2v) is 7.87. The highest BCUT2D eigenvalue weighted by Crippen LogP contribution is 2.36. The molecular weight excluding hydrogens is 421 g/mol. The lowest BCUT2D eigenvalue weighted by Gasteiger charge is -2.27. The number of aryl methyl sites for hydroxylation is 1. The van der Waals surface area contributed by atoms with Gasteiger partial charge in [0, 0.05) is 45.4 Å². The summed E-state index contributed by atoms with van der Waals surface area (Å²) in [4.78, 5) is 27.5. The van der Waals surface area contributed by atoms with Crippen molar-refractivity contribution in [2.75, 3.05) is 31.1 Å². The molecule has 0 aromatic carbocycles. The van der Waals surface area contributed by atoms with Crippen molar-refractivity contribution in [2.24, 2.45) is 0 Å². The smallest absolute Gasteiger partial charge is 0.418 e. The average molecular weight is 436 g/mol. The number of alkyl halides is 3. The van der Waals surface area contributed by atoms with Gasteiger partial charge >= 0.3 is 6.18 Å². The summed E-state index contributed by atoms with van der Waals surface area (Å²) < 4.78 is 47.3. The highest BCUT2D eigenvalue weighted by Gasteiger charge is 2.36. The van der Waals surface area contributed by atoms with Gasteiger partial charge in [-0.05, 0) is 6.07 Å². The minimum absolute atomic E-state index is 0.0511. The summed E-state index contributed by atoms with van der Waals surface area (Å²) in [7, 11) is 0. The number of aromatic nitrogens is 4. The monoisotopic (exact) mass is 436 g/mol. The molecule has 4 aromatic heterocycles. The molecule has 5 heterocycles. The third-order valence-electron chi connectivity index (χ3n) is 4.83. The lowest BCUT2D eigenvalue weighted by molar-refractivity contribution is -0.136. The number of halogens is 3. The molecule has 1 aliphatic heterocycles. The summed E-state index contributed by atoms with van der Waals surface area (Å²) in [5.74, 6) is 0.0718. The Labute approximate surface area is 171 Å². The van der Waals surface area contributed by atoms with Crippen LogP contribution in [0, 0.1) is 6.92 Å². The fraction of sp³-hybridized carbons (Fsp3) is 0.333. The second-order valence-electron chi connectivity index (χ2n) is 6.88. The topological polar surface area (TPSA) is 88.6 Å². The third-order valence-corrected chi connectivity index (χ3v) is 5.87. The maximum atomic E-state index is 13.6. The second kappa shape index (κ2) is 6.77. The van der Waals surface area contributed by atoms with E-state index in [1.807, 2.05) is 0 Å². The van der Waals surface area contributed by atoms with Crippen LogP contribution in [0.3, 0.4) is 0 Å². The largest absolute Gasteiger partial charge is 0.423 e. The van der Waals surface area contributed by atoms with E-state index < -0.39 is 17.3 Å².